The van der Waals surface area contributed by atoms with Gasteiger partial charge in [0, 0.05) is 21.3 Å². The Morgan fingerprint density at radius 2 is 1.76 bits per heavy atom. The van der Waals surface area contributed by atoms with Crippen molar-refractivity contribution in [2.75, 3.05) is 11.9 Å². The van der Waals surface area contributed by atoms with Crippen molar-refractivity contribution in [1.82, 2.24) is 4.90 Å². The van der Waals surface area contributed by atoms with Gasteiger partial charge in [0.15, 0.2) is 0 Å². The highest BCUT2D eigenvalue weighted by Crippen LogP contribution is 2.38. The number of hydrogen-bond donors (Lipinski definition) is 1. The van der Waals surface area contributed by atoms with Crippen molar-refractivity contribution < 1.29 is 18.4 Å². The highest BCUT2D eigenvalue weighted by molar-refractivity contribution is 9.10. The molecule has 1 N–H and O–H groups in total. The summed E-state index contributed by atoms with van der Waals surface area (Å²) in [6, 6.07) is 15.7. The molecule has 29 heavy (non-hydrogen) atoms. The van der Waals surface area contributed by atoms with Crippen LogP contribution in [0.1, 0.15) is 27.5 Å². The summed E-state index contributed by atoms with van der Waals surface area (Å²) in [6.07, 6.45) is 0. The number of amides is 2. The largest absolute Gasteiger partial charge is 0.324 e. The second-order valence-corrected chi connectivity index (χ2v) is 7.59. The summed E-state index contributed by atoms with van der Waals surface area (Å²) in [6.45, 7) is -0.232. The predicted molar refractivity (Wildman–Crippen MR) is 108 cm³/mol. The molecule has 2 amide bonds. The Hall–Kier alpha value is -3.06. The van der Waals surface area contributed by atoms with Gasteiger partial charge in [-0.2, -0.15) is 0 Å². The lowest BCUT2D eigenvalue weighted by Crippen LogP contribution is -2.39. The number of benzene rings is 3. The van der Waals surface area contributed by atoms with E-state index in [1.807, 2.05) is 0 Å². The minimum atomic E-state index is -0.669. The summed E-state index contributed by atoms with van der Waals surface area (Å²) >= 11 is 3.43. The van der Waals surface area contributed by atoms with E-state index in [9.17, 15) is 18.4 Å². The Morgan fingerprint density at radius 1 is 1.00 bits per heavy atom. The van der Waals surface area contributed by atoms with Crippen LogP contribution in [0.4, 0.5) is 14.5 Å². The molecular weight excluding hydrogens is 442 g/mol. The molecule has 0 spiro atoms. The van der Waals surface area contributed by atoms with Crippen molar-refractivity contribution in [3.63, 3.8) is 0 Å². The molecule has 1 aliphatic heterocycles. The number of carbonyl (C=O) groups excluding carboxylic acids is 2. The van der Waals surface area contributed by atoms with Gasteiger partial charge in [-0.1, -0.05) is 34.1 Å². The van der Waals surface area contributed by atoms with Crippen molar-refractivity contribution in [3.05, 3.63) is 99.5 Å². The Kier molecular flexibility index (Phi) is 5.15. The van der Waals surface area contributed by atoms with E-state index in [1.54, 1.807) is 30.3 Å². The van der Waals surface area contributed by atoms with Crippen LogP contribution < -0.4 is 5.32 Å². The van der Waals surface area contributed by atoms with Gasteiger partial charge in [0.25, 0.3) is 5.91 Å². The molecule has 1 heterocycles. The average Bonchev–Trinajstić information content (AvgIpc) is 2.84. The molecule has 0 bridgehead atoms. The predicted octanol–water partition coefficient (Wildman–Crippen LogP) is 4.91. The van der Waals surface area contributed by atoms with Gasteiger partial charge < -0.3 is 10.2 Å². The maximum atomic E-state index is 13.7. The fourth-order valence-electron chi connectivity index (χ4n) is 3.46. The number of anilines is 1. The number of nitrogens with one attached hydrogen (secondary N) is 1. The van der Waals surface area contributed by atoms with Gasteiger partial charge in [-0.15, -0.1) is 0 Å². The van der Waals surface area contributed by atoms with E-state index in [0.717, 1.165) is 10.5 Å². The second kappa shape index (κ2) is 7.75. The molecule has 0 radical (unpaired) electrons. The van der Waals surface area contributed by atoms with E-state index >= 15 is 0 Å². The van der Waals surface area contributed by atoms with Crippen LogP contribution in [-0.4, -0.2) is 23.3 Å². The van der Waals surface area contributed by atoms with Gasteiger partial charge in [-0.25, -0.2) is 8.78 Å². The lowest BCUT2D eigenvalue weighted by molar-refractivity contribution is -0.117. The molecule has 3 aromatic rings. The van der Waals surface area contributed by atoms with Gasteiger partial charge in [0.2, 0.25) is 5.91 Å². The Morgan fingerprint density at radius 3 is 2.48 bits per heavy atom. The lowest BCUT2D eigenvalue weighted by atomic mass is 9.95. The molecule has 4 rings (SSSR count). The number of halogens is 3. The van der Waals surface area contributed by atoms with Gasteiger partial charge in [-0.3, -0.25) is 9.59 Å². The maximum absolute atomic E-state index is 13.7. The average molecular weight is 457 g/mol. The zero-order valence-corrected chi connectivity index (χ0v) is 16.6. The molecule has 1 aliphatic rings. The number of rotatable bonds is 2. The molecule has 146 valence electrons. The third-order valence-corrected chi connectivity index (χ3v) is 5.22. The summed E-state index contributed by atoms with van der Waals surface area (Å²) < 4.78 is 28.0. The molecule has 0 aliphatic carbocycles. The summed E-state index contributed by atoms with van der Waals surface area (Å²) in [4.78, 5) is 27.2. The van der Waals surface area contributed by atoms with Crippen molar-refractivity contribution in [1.29, 1.82) is 0 Å². The molecule has 1 atom stereocenters. The first-order valence-electron chi connectivity index (χ1n) is 8.83. The normalized spacial score (nSPS) is 16.0. The Bertz CT molecular complexity index is 1100. The van der Waals surface area contributed by atoms with Crippen LogP contribution in [0.3, 0.4) is 0 Å². The zero-order valence-electron chi connectivity index (χ0n) is 15.0. The third-order valence-electron chi connectivity index (χ3n) is 4.73. The Labute approximate surface area is 174 Å². The topological polar surface area (TPSA) is 49.4 Å². The van der Waals surface area contributed by atoms with Crippen molar-refractivity contribution in [2.24, 2.45) is 0 Å². The van der Waals surface area contributed by atoms with E-state index in [0.29, 0.717) is 16.8 Å². The number of hydrogen-bond acceptors (Lipinski definition) is 2. The first-order valence-corrected chi connectivity index (χ1v) is 9.63. The quantitative estimate of drug-likeness (QED) is 0.595. The fraction of sp³-hybridized carbons (Fsp3) is 0.0909. The van der Waals surface area contributed by atoms with E-state index in [1.165, 1.54) is 35.2 Å². The van der Waals surface area contributed by atoms with Gasteiger partial charge in [0.1, 0.15) is 18.2 Å². The second-order valence-electron chi connectivity index (χ2n) is 6.68. The SMILES string of the molecule is O=C1CN(C(=O)c2cccc(F)c2)C(c2ccc(F)cc2)c2cc(Br)ccc2N1. The Balaban J connectivity index is 1.90. The van der Waals surface area contributed by atoms with Crippen LogP contribution in [0.15, 0.2) is 71.2 Å². The monoisotopic (exact) mass is 456 g/mol. The van der Waals surface area contributed by atoms with Crippen LogP contribution in [-0.2, 0) is 4.79 Å². The smallest absolute Gasteiger partial charge is 0.255 e. The number of carbonyl (C=O) groups is 2. The minimum absolute atomic E-state index is 0.128. The molecule has 0 saturated carbocycles. The van der Waals surface area contributed by atoms with Crippen LogP contribution in [0, 0.1) is 11.6 Å². The molecule has 0 aromatic heterocycles. The molecule has 3 aromatic carbocycles. The molecule has 0 saturated heterocycles. The zero-order chi connectivity index (χ0) is 20.5. The summed E-state index contributed by atoms with van der Waals surface area (Å²) in [5.74, 6) is -1.82. The lowest BCUT2D eigenvalue weighted by Gasteiger charge is -2.30. The van der Waals surface area contributed by atoms with E-state index in [4.69, 9.17) is 0 Å². The maximum Gasteiger partial charge on any atom is 0.255 e. The molecular formula is C22H15BrF2N2O2. The molecule has 0 fully saturated rings. The number of fused-ring (bicyclic) bond motifs is 1. The minimum Gasteiger partial charge on any atom is -0.324 e. The third kappa shape index (κ3) is 3.91. The standard InChI is InChI=1S/C22H15BrF2N2O2/c23-15-6-9-19-18(11-15)21(13-4-7-16(24)8-5-13)27(12-20(28)26-19)22(29)14-2-1-3-17(25)10-14/h1-11,21H,12H2,(H,26,28). The van der Waals surface area contributed by atoms with Crippen LogP contribution >= 0.6 is 15.9 Å². The van der Waals surface area contributed by atoms with Crippen LogP contribution in [0.25, 0.3) is 0 Å². The molecule has 7 heteroatoms. The summed E-state index contributed by atoms with van der Waals surface area (Å²) in [5.41, 5.74) is 1.99. The van der Waals surface area contributed by atoms with E-state index < -0.39 is 23.6 Å². The van der Waals surface area contributed by atoms with Crippen LogP contribution in [0.5, 0.6) is 0 Å². The van der Waals surface area contributed by atoms with Gasteiger partial charge in [0.05, 0.1) is 6.04 Å². The van der Waals surface area contributed by atoms with Crippen molar-refractivity contribution >= 4 is 33.4 Å². The van der Waals surface area contributed by atoms with Crippen molar-refractivity contribution in [3.8, 4) is 0 Å². The number of nitrogens with zero attached hydrogens (tertiary/aromatic N) is 1. The fourth-order valence-corrected chi connectivity index (χ4v) is 3.84. The first kappa shape index (κ1) is 19.3. The highest BCUT2D eigenvalue weighted by Gasteiger charge is 2.34. The van der Waals surface area contributed by atoms with E-state index in [-0.39, 0.29) is 18.0 Å². The van der Waals surface area contributed by atoms with Gasteiger partial charge in [-0.05, 0) is 54.1 Å². The van der Waals surface area contributed by atoms with Crippen molar-refractivity contribution in [2.45, 2.75) is 6.04 Å². The summed E-state index contributed by atoms with van der Waals surface area (Å²) in [7, 11) is 0. The molecule has 1 unspecified atom stereocenters. The highest BCUT2D eigenvalue weighted by atomic mass is 79.9. The van der Waals surface area contributed by atoms with E-state index in [2.05, 4.69) is 21.2 Å². The summed E-state index contributed by atoms with van der Waals surface area (Å²) in [5, 5.41) is 2.81. The van der Waals surface area contributed by atoms with Gasteiger partial charge >= 0.3 is 0 Å². The molecule has 4 nitrogen and oxygen atoms in total. The first-order chi connectivity index (χ1) is 13.9. The van der Waals surface area contributed by atoms with Crippen LogP contribution in [0.2, 0.25) is 0 Å².